The Balaban J connectivity index is 2.52. The molecular weight excluding hydrogens is 154 g/mol. The smallest absolute Gasteiger partial charge is 0.125 e. The lowest BCUT2D eigenvalue weighted by atomic mass is 10.2. The molecule has 0 fully saturated rings. The van der Waals surface area contributed by atoms with Gasteiger partial charge in [-0.1, -0.05) is 0 Å². The third-order valence-electron chi connectivity index (χ3n) is 1.74. The molecule has 0 saturated carbocycles. The maximum absolute atomic E-state index is 5.81. The molecule has 0 aliphatic heterocycles. The molecule has 68 valence electrons. The van der Waals surface area contributed by atoms with Gasteiger partial charge in [-0.25, -0.2) is 0 Å². The number of rotatable bonds is 4. The monoisotopic (exact) mass is 169 g/mol. The summed E-state index contributed by atoms with van der Waals surface area (Å²) in [4.78, 5) is 0. The number of furan rings is 1. The minimum atomic E-state index is -0.139. The molecule has 1 aromatic rings. The molecule has 3 nitrogen and oxygen atoms in total. The molecule has 0 spiro atoms. The van der Waals surface area contributed by atoms with Gasteiger partial charge in [-0.2, -0.15) is 0 Å². The van der Waals surface area contributed by atoms with Crippen molar-refractivity contribution in [2.24, 2.45) is 5.73 Å². The van der Waals surface area contributed by atoms with Gasteiger partial charge in [-0.3, -0.25) is 0 Å². The molecule has 0 aliphatic carbocycles. The van der Waals surface area contributed by atoms with Crippen molar-refractivity contribution in [1.29, 1.82) is 0 Å². The molecule has 0 amide bonds. The van der Waals surface area contributed by atoms with Gasteiger partial charge in [0, 0.05) is 6.61 Å². The van der Waals surface area contributed by atoms with Crippen molar-refractivity contribution >= 4 is 0 Å². The Morgan fingerprint density at radius 2 is 2.42 bits per heavy atom. The van der Waals surface area contributed by atoms with Crippen LogP contribution in [0.5, 0.6) is 0 Å². The normalized spacial score (nSPS) is 13.2. The van der Waals surface area contributed by atoms with Crippen LogP contribution in [0.4, 0.5) is 0 Å². The number of hydrogen-bond donors (Lipinski definition) is 1. The number of aryl methyl sites for hydroxylation is 1. The van der Waals surface area contributed by atoms with Crippen molar-refractivity contribution in [2.75, 3.05) is 13.2 Å². The fourth-order valence-corrected chi connectivity index (χ4v) is 1.08. The fourth-order valence-electron chi connectivity index (χ4n) is 1.08. The second-order valence-corrected chi connectivity index (χ2v) is 2.73. The fraction of sp³-hybridized carbons (Fsp3) is 0.556. The molecule has 0 saturated heterocycles. The van der Waals surface area contributed by atoms with E-state index >= 15 is 0 Å². The summed E-state index contributed by atoms with van der Waals surface area (Å²) in [6.45, 7) is 5.13. The first-order chi connectivity index (χ1) is 5.75. The molecule has 1 aromatic heterocycles. The van der Waals surface area contributed by atoms with Crippen molar-refractivity contribution in [3.8, 4) is 0 Å². The Morgan fingerprint density at radius 3 is 2.92 bits per heavy atom. The van der Waals surface area contributed by atoms with E-state index in [9.17, 15) is 0 Å². The van der Waals surface area contributed by atoms with Gasteiger partial charge in [0.25, 0.3) is 0 Å². The van der Waals surface area contributed by atoms with E-state index < -0.39 is 0 Å². The zero-order valence-electron chi connectivity index (χ0n) is 7.54. The molecule has 0 radical (unpaired) electrons. The summed E-state index contributed by atoms with van der Waals surface area (Å²) in [5.74, 6) is 0.823. The second kappa shape index (κ2) is 4.28. The van der Waals surface area contributed by atoms with Crippen molar-refractivity contribution in [1.82, 2.24) is 0 Å². The molecule has 12 heavy (non-hydrogen) atoms. The third kappa shape index (κ3) is 2.09. The van der Waals surface area contributed by atoms with Crippen LogP contribution in [0.15, 0.2) is 16.7 Å². The highest BCUT2D eigenvalue weighted by Crippen LogP contribution is 2.16. The Kier molecular flexibility index (Phi) is 3.31. The van der Waals surface area contributed by atoms with Crippen LogP contribution < -0.4 is 5.73 Å². The van der Waals surface area contributed by atoms with Crippen LogP contribution >= 0.6 is 0 Å². The van der Waals surface area contributed by atoms with Gasteiger partial charge in [-0.05, 0) is 25.5 Å². The molecule has 1 unspecified atom stereocenters. The molecule has 1 atom stereocenters. The molecule has 0 aliphatic rings. The van der Waals surface area contributed by atoms with Crippen LogP contribution in [0.1, 0.15) is 24.3 Å². The van der Waals surface area contributed by atoms with Crippen LogP contribution in [-0.4, -0.2) is 13.2 Å². The van der Waals surface area contributed by atoms with E-state index in [-0.39, 0.29) is 6.04 Å². The van der Waals surface area contributed by atoms with E-state index in [2.05, 4.69) is 0 Å². The molecule has 3 heteroatoms. The van der Waals surface area contributed by atoms with Crippen molar-refractivity contribution in [3.63, 3.8) is 0 Å². The highest BCUT2D eigenvalue weighted by Gasteiger charge is 2.11. The summed E-state index contributed by atoms with van der Waals surface area (Å²) in [5.41, 5.74) is 6.89. The van der Waals surface area contributed by atoms with E-state index in [1.165, 1.54) is 0 Å². The number of ether oxygens (including phenoxy) is 1. The van der Waals surface area contributed by atoms with Crippen molar-refractivity contribution < 1.29 is 9.15 Å². The average molecular weight is 169 g/mol. The maximum atomic E-state index is 5.81. The topological polar surface area (TPSA) is 48.4 Å². The van der Waals surface area contributed by atoms with E-state index in [1.807, 2.05) is 19.9 Å². The lowest BCUT2D eigenvalue weighted by molar-refractivity contribution is 0.127. The minimum Gasteiger partial charge on any atom is -0.467 e. The Hall–Kier alpha value is -0.800. The highest BCUT2D eigenvalue weighted by molar-refractivity contribution is 5.17. The molecule has 0 aromatic carbocycles. The SMILES string of the molecule is CCOCC(N)c1occc1C. The van der Waals surface area contributed by atoms with Gasteiger partial charge in [0.2, 0.25) is 0 Å². The second-order valence-electron chi connectivity index (χ2n) is 2.73. The van der Waals surface area contributed by atoms with Crippen LogP contribution in [0.3, 0.4) is 0 Å². The van der Waals surface area contributed by atoms with Crippen molar-refractivity contribution in [2.45, 2.75) is 19.9 Å². The van der Waals surface area contributed by atoms with Crippen LogP contribution in [0.25, 0.3) is 0 Å². The zero-order chi connectivity index (χ0) is 8.97. The molecule has 1 rings (SSSR count). The van der Waals surface area contributed by atoms with Gasteiger partial charge in [0.05, 0.1) is 18.9 Å². The summed E-state index contributed by atoms with van der Waals surface area (Å²) in [6.07, 6.45) is 1.65. The molecular formula is C9H15NO2. The van der Waals surface area contributed by atoms with Gasteiger partial charge in [0.1, 0.15) is 5.76 Å². The lowest BCUT2D eigenvalue weighted by Gasteiger charge is -2.09. The molecule has 2 N–H and O–H groups in total. The standard InChI is InChI=1S/C9H15NO2/c1-3-11-6-8(10)9-7(2)4-5-12-9/h4-5,8H,3,6,10H2,1-2H3. The predicted octanol–water partition coefficient (Wildman–Crippen LogP) is 1.62. The van der Waals surface area contributed by atoms with E-state index in [4.69, 9.17) is 14.9 Å². The molecule has 1 heterocycles. The van der Waals surface area contributed by atoms with Gasteiger partial charge in [0.15, 0.2) is 0 Å². The summed E-state index contributed by atoms with van der Waals surface area (Å²) in [6, 6.07) is 1.76. The summed E-state index contributed by atoms with van der Waals surface area (Å²) >= 11 is 0. The summed E-state index contributed by atoms with van der Waals surface area (Å²) in [7, 11) is 0. The number of nitrogens with two attached hydrogens (primary N) is 1. The first-order valence-electron chi connectivity index (χ1n) is 4.13. The van der Waals surface area contributed by atoms with Gasteiger partial charge in [-0.15, -0.1) is 0 Å². The highest BCUT2D eigenvalue weighted by atomic mass is 16.5. The average Bonchev–Trinajstić information content (AvgIpc) is 2.47. The quantitative estimate of drug-likeness (QED) is 0.745. The summed E-state index contributed by atoms with van der Waals surface area (Å²) in [5, 5.41) is 0. The predicted molar refractivity (Wildman–Crippen MR) is 46.9 cm³/mol. The first kappa shape index (κ1) is 9.29. The van der Waals surface area contributed by atoms with E-state index in [0.29, 0.717) is 13.2 Å². The van der Waals surface area contributed by atoms with Gasteiger partial charge < -0.3 is 14.9 Å². The van der Waals surface area contributed by atoms with Crippen LogP contribution in [-0.2, 0) is 4.74 Å². The Bertz CT molecular complexity index is 232. The van der Waals surface area contributed by atoms with E-state index in [1.54, 1.807) is 6.26 Å². The summed E-state index contributed by atoms with van der Waals surface area (Å²) < 4.78 is 10.4. The maximum Gasteiger partial charge on any atom is 0.125 e. The minimum absolute atomic E-state index is 0.139. The Labute approximate surface area is 72.5 Å². The third-order valence-corrected chi connectivity index (χ3v) is 1.74. The number of hydrogen-bond acceptors (Lipinski definition) is 3. The van der Waals surface area contributed by atoms with Crippen molar-refractivity contribution in [3.05, 3.63) is 23.7 Å². The van der Waals surface area contributed by atoms with Crippen LogP contribution in [0.2, 0.25) is 0 Å². The van der Waals surface area contributed by atoms with E-state index in [0.717, 1.165) is 11.3 Å². The van der Waals surface area contributed by atoms with Gasteiger partial charge >= 0.3 is 0 Å². The largest absolute Gasteiger partial charge is 0.467 e. The first-order valence-corrected chi connectivity index (χ1v) is 4.13. The zero-order valence-corrected chi connectivity index (χ0v) is 7.54. The lowest BCUT2D eigenvalue weighted by Crippen LogP contribution is -2.17. The molecule has 0 bridgehead atoms. The van der Waals surface area contributed by atoms with Crippen LogP contribution in [0, 0.1) is 6.92 Å². The Morgan fingerprint density at radius 1 is 1.67 bits per heavy atom.